The molecule has 1 rings (SSSR count). The minimum absolute atomic E-state index is 0.222. The smallest absolute Gasteiger partial charge is 0.310 e. The van der Waals surface area contributed by atoms with E-state index in [1.807, 2.05) is 0 Å². The molecule has 1 N–H and O–H groups in total. The third kappa shape index (κ3) is 4.06. The van der Waals surface area contributed by atoms with Crippen molar-refractivity contribution in [3.8, 4) is 0 Å². The van der Waals surface area contributed by atoms with E-state index in [2.05, 4.69) is 5.32 Å². The van der Waals surface area contributed by atoms with Crippen molar-refractivity contribution in [3.05, 3.63) is 29.6 Å². The van der Waals surface area contributed by atoms with Gasteiger partial charge in [0.25, 0.3) is 0 Å². The molecule has 1 atom stereocenters. The summed E-state index contributed by atoms with van der Waals surface area (Å²) < 4.78 is 17.9. The topological polar surface area (TPSA) is 38.3 Å². The number of benzene rings is 1. The van der Waals surface area contributed by atoms with E-state index in [1.165, 1.54) is 6.07 Å². The van der Waals surface area contributed by atoms with Crippen molar-refractivity contribution in [1.82, 2.24) is 0 Å². The summed E-state index contributed by atoms with van der Waals surface area (Å²) in [5, 5.41) is 3.08. The molecule has 0 aromatic heterocycles. The number of carbonyl (C=O) groups is 1. The highest BCUT2D eigenvalue weighted by molar-refractivity contribution is 5.72. The molecule has 0 aliphatic carbocycles. The predicted octanol–water partition coefficient (Wildman–Crippen LogP) is 2.75. The van der Waals surface area contributed by atoms with Crippen LogP contribution < -0.4 is 5.32 Å². The van der Waals surface area contributed by atoms with Gasteiger partial charge < -0.3 is 10.1 Å². The number of anilines is 1. The molecule has 0 saturated carbocycles. The van der Waals surface area contributed by atoms with Crippen molar-refractivity contribution >= 4 is 11.7 Å². The van der Waals surface area contributed by atoms with Crippen molar-refractivity contribution in [2.75, 3.05) is 18.5 Å². The standard InChI is InChI=1S/C13H18FNO2/c1-4-17-13(16)10(3)8-15-11-5-6-12(14)9(2)7-11/h5-7,10,15H,4,8H2,1-3H3. The Morgan fingerprint density at radius 1 is 1.53 bits per heavy atom. The maximum absolute atomic E-state index is 13.0. The monoisotopic (exact) mass is 239 g/mol. The maximum Gasteiger partial charge on any atom is 0.310 e. The van der Waals surface area contributed by atoms with Crippen LogP contribution in [0.3, 0.4) is 0 Å². The van der Waals surface area contributed by atoms with E-state index in [1.54, 1.807) is 32.9 Å². The molecule has 3 nitrogen and oxygen atoms in total. The molecule has 0 heterocycles. The Balaban J connectivity index is 2.50. The van der Waals surface area contributed by atoms with Crippen LogP contribution in [0.2, 0.25) is 0 Å². The maximum atomic E-state index is 13.0. The molecule has 0 aliphatic heterocycles. The summed E-state index contributed by atoms with van der Waals surface area (Å²) in [7, 11) is 0. The molecule has 0 bridgehead atoms. The van der Waals surface area contributed by atoms with Gasteiger partial charge in [0.15, 0.2) is 0 Å². The Morgan fingerprint density at radius 2 is 2.24 bits per heavy atom. The number of aryl methyl sites for hydroxylation is 1. The van der Waals surface area contributed by atoms with Gasteiger partial charge in [-0.2, -0.15) is 0 Å². The van der Waals surface area contributed by atoms with Crippen LogP contribution in [0.15, 0.2) is 18.2 Å². The van der Waals surface area contributed by atoms with Crippen molar-refractivity contribution in [1.29, 1.82) is 0 Å². The second-order valence-corrected chi connectivity index (χ2v) is 4.00. The number of hydrogen-bond donors (Lipinski definition) is 1. The van der Waals surface area contributed by atoms with E-state index in [9.17, 15) is 9.18 Å². The highest BCUT2D eigenvalue weighted by Gasteiger charge is 2.13. The highest BCUT2D eigenvalue weighted by Crippen LogP contribution is 2.14. The van der Waals surface area contributed by atoms with Gasteiger partial charge in [-0.1, -0.05) is 6.92 Å². The van der Waals surface area contributed by atoms with Gasteiger partial charge in [-0.15, -0.1) is 0 Å². The molecule has 1 aromatic carbocycles. The molecule has 0 spiro atoms. The molecule has 4 heteroatoms. The van der Waals surface area contributed by atoms with E-state index in [0.29, 0.717) is 18.7 Å². The summed E-state index contributed by atoms with van der Waals surface area (Å²) in [4.78, 5) is 11.4. The van der Waals surface area contributed by atoms with Gasteiger partial charge in [0.1, 0.15) is 5.82 Å². The summed E-state index contributed by atoms with van der Waals surface area (Å²) in [6.45, 7) is 6.14. The Hall–Kier alpha value is -1.58. The Kier molecular flexibility index (Phi) is 4.94. The van der Waals surface area contributed by atoms with Crippen molar-refractivity contribution in [2.24, 2.45) is 5.92 Å². The van der Waals surface area contributed by atoms with Crippen LogP contribution in [0.25, 0.3) is 0 Å². The molecule has 1 aromatic rings. The first-order valence-electron chi connectivity index (χ1n) is 5.71. The predicted molar refractivity (Wildman–Crippen MR) is 65.4 cm³/mol. The number of ether oxygens (including phenoxy) is 1. The van der Waals surface area contributed by atoms with Gasteiger partial charge >= 0.3 is 5.97 Å². The third-order valence-electron chi connectivity index (χ3n) is 2.46. The second-order valence-electron chi connectivity index (χ2n) is 4.00. The molecule has 0 amide bonds. The molecule has 0 saturated heterocycles. The minimum Gasteiger partial charge on any atom is -0.466 e. The van der Waals surface area contributed by atoms with Crippen LogP contribution in [0, 0.1) is 18.7 Å². The van der Waals surface area contributed by atoms with Crippen LogP contribution in [-0.4, -0.2) is 19.1 Å². The lowest BCUT2D eigenvalue weighted by atomic mass is 10.1. The second kappa shape index (κ2) is 6.23. The van der Waals surface area contributed by atoms with Crippen molar-refractivity contribution in [2.45, 2.75) is 20.8 Å². The molecule has 0 radical (unpaired) electrons. The lowest BCUT2D eigenvalue weighted by molar-refractivity contribution is -0.146. The zero-order valence-corrected chi connectivity index (χ0v) is 10.4. The van der Waals surface area contributed by atoms with Crippen molar-refractivity contribution in [3.63, 3.8) is 0 Å². The fraction of sp³-hybridized carbons (Fsp3) is 0.462. The molecule has 0 fully saturated rings. The Bertz CT molecular complexity index is 393. The minimum atomic E-state index is -0.228. The normalized spacial score (nSPS) is 12.0. The van der Waals surface area contributed by atoms with Crippen LogP contribution in [0.5, 0.6) is 0 Å². The van der Waals surface area contributed by atoms with Crippen LogP contribution in [0.1, 0.15) is 19.4 Å². The SMILES string of the molecule is CCOC(=O)C(C)CNc1ccc(F)c(C)c1. The van der Waals surface area contributed by atoms with E-state index in [0.717, 1.165) is 5.69 Å². The quantitative estimate of drug-likeness (QED) is 0.803. The Labute approximate surface area is 101 Å². The van der Waals surface area contributed by atoms with Gasteiger partial charge in [-0.05, 0) is 37.6 Å². The number of carbonyl (C=O) groups excluding carboxylic acids is 1. The van der Waals surface area contributed by atoms with Gasteiger partial charge in [-0.3, -0.25) is 4.79 Å². The first-order valence-corrected chi connectivity index (χ1v) is 5.71. The van der Waals surface area contributed by atoms with E-state index < -0.39 is 0 Å². The molecule has 0 aliphatic rings. The van der Waals surface area contributed by atoms with Gasteiger partial charge in [0, 0.05) is 12.2 Å². The largest absolute Gasteiger partial charge is 0.466 e. The van der Waals surface area contributed by atoms with E-state index in [4.69, 9.17) is 4.74 Å². The molecular weight excluding hydrogens is 221 g/mol. The summed E-state index contributed by atoms with van der Waals surface area (Å²) in [6, 6.07) is 4.78. The fourth-order valence-corrected chi connectivity index (χ4v) is 1.39. The van der Waals surface area contributed by atoms with Gasteiger partial charge in [0.05, 0.1) is 12.5 Å². The molecule has 17 heavy (non-hydrogen) atoms. The van der Waals surface area contributed by atoms with Crippen LogP contribution in [0.4, 0.5) is 10.1 Å². The first-order chi connectivity index (χ1) is 8.04. The summed E-state index contributed by atoms with van der Waals surface area (Å²) in [5.41, 5.74) is 1.39. The summed E-state index contributed by atoms with van der Waals surface area (Å²) in [6.07, 6.45) is 0. The number of nitrogens with one attached hydrogen (secondary N) is 1. The Morgan fingerprint density at radius 3 is 2.82 bits per heavy atom. The first kappa shape index (κ1) is 13.5. The zero-order valence-electron chi connectivity index (χ0n) is 10.4. The van der Waals surface area contributed by atoms with E-state index >= 15 is 0 Å². The average Bonchev–Trinajstić information content (AvgIpc) is 2.30. The highest BCUT2D eigenvalue weighted by atomic mass is 19.1. The number of esters is 1. The van der Waals surface area contributed by atoms with E-state index in [-0.39, 0.29) is 17.7 Å². The van der Waals surface area contributed by atoms with Crippen LogP contribution >= 0.6 is 0 Å². The van der Waals surface area contributed by atoms with Gasteiger partial charge in [0.2, 0.25) is 0 Å². The fourth-order valence-electron chi connectivity index (χ4n) is 1.39. The summed E-state index contributed by atoms with van der Waals surface area (Å²) in [5.74, 6) is -0.673. The molecular formula is C13H18FNO2. The number of halogens is 1. The lowest BCUT2D eigenvalue weighted by Crippen LogP contribution is -2.22. The summed E-state index contributed by atoms with van der Waals surface area (Å²) >= 11 is 0. The molecule has 94 valence electrons. The number of hydrogen-bond acceptors (Lipinski definition) is 3. The van der Waals surface area contributed by atoms with Gasteiger partial charge in [-0.25, -0.2) is 4.39 Å². The van der Waals surface area contributed by atoms with Crippen molar-refractivity contribution < 1.29 is 13.9 Å². The third-order valence-corrected chi connectivity index (χ3v) is 2.46. The molecule has 1 unspecified atom stereocenters. The average molecular weight is 239 g/mol. The zero-order chi connectivity index (χ0) is 12.8. The van der Waals surface area contributed by atoms with Crippen LogP contribution in [-0.2, 0) is 9.53 Å². The lowest BCUT2D eigenvalue weighted by Gasteiger charge is -2.13. The number of rotatable bonds is 5.